The standard InChI is InChI=1S/C13H16N2O4/c1-8(14)9-3-2-4-10-13(9)19-7-11(16)15(10)6-5-12(17)18/h2-4,8H,5-7,14H2,1H3,(H,17,18). The molecule has 0 bridgehead atoms. The maximum atomic E-state index is 11.8. The molecular weight excluding hydrogens is 248 g/mol. The van der Waals surface area contributed by atoms with Crippen LogP contribution in [0.25, 0.3) is 0 Å². The summed E-state index contributed by atoms with van der Waals surface area (Å²) >= 11 is 0. The van der Waals surface area contributed by atoms with E-state index in [1.807, 2.05) is 13.0 Å². The van der Waals surface area contributed by atoms with Gasteiger partial charge in [-0.25, -0.2) is 0 Å². The molecule has 1 aromatic carbocycles. The SMILES string of the molecule is CC(N)c1cccc2c1OCC(=O)N2CCC(=O)O. The average Bonchev–Trinajstić information content (AvgIpc) is 2.36. The second-order valence-electron chi connectivity index (χ2n) is 4.46. The summed E-state index contributed by atoms with van der Waals surface area (Å²) in [6, 6.07) is 5.15. The van der Waals surface area contributed by atoms with Crippen LogP contribution in [0.2, 0.25) is 0 Å². The summed E-state index contributed by atoms with van der Waals surface area (Å²) in [4.78, 5) is 23.9. The predicted octanol–water partition coefficient (Wildman–Crippen LogP) is 0.906. The number of aliphatic carboxylic acids is 1. The van der Waals surface area contributed by atoms with E-state index < -0.39 is 5.97 Å². The highest BCUT2D eigenvalue weighted by atomic mass is 16.5. The van der Waals surface area contributed by atoms with E-state index in [1.54, 1.807) is 12.1 Å². The van der Waals surface area contributed by atoms with Crippen molar-refractivity contribution in [3.63, 3.8) is 0 Å². The molecule has 102 valence electrons. The van der Waals surface area contributed by atoms with E-state index in [1.165, 1.54) is 4.90 Å². The zero-order valence-electron chi connectivity index (χ0n) is 10.6. The molecule has 1 aliphatic heterocycles. The maximum Gasteiger partial charge on any atom is 0.305 e. The van der Waals surface area contributed by atoms with Gasteiger partial charge in [-0.05, 0) is 13.0 Å². The third-order valence-electron chi connectivity index (χ3n) is 3.00. The Morgan fingerprint density at radius 1 is 1.58 bits per heavy atom. The van der Waals surface area contributed by atoms with Crippen LogP contribution < -0.4 is 15.4 Å². The van der Waals surface area contributed by atoms with Gasteiger partial charge in [-0.15, -0.1) is 0 Å². The molecule has 0 saturated carbocycles. The minimum atomic E-state index is -0.941. The number of carbonyl (C=O) groups excluding carboxylic acids is 1. The summed E-state index contributed by atoms with van der Waals surface area (Å²) in [5.41, 5.74) is 7.26. The van der Waals surface area contributed by atoms with Gasteiger partial charge in [0, 0.05) is 18.2 Å². The summed E-state index contributed by atoms with van der Waals surface area (Å²) in [5.74, 6) is -0.609. The molecule has 0 spiro atoms. The van der Waals surface area contributed by atoms with Crippen LogP contribution in [0.4, 0.5) is 5.69 Å². The van der Waals surface area contributed by atoms with Crippen molar-refractivity contribution < 1.29 is 19.4 Å². The Bertz CT molecular complexity index is 513. The highest BCUT2D eigenvalue weighted by Gasteiger charge is 2.28. The van der Waals surface area contributed by atoms with Crippen molar-refractivity contribution in [1.29, 1.82) is 0 Å². The van der Waals surface area contributed by atoms with Gasteiger partial charge in [0.2, 0.25) is 0 Å². The molecule has 1 unspecified atom stereocenters. The van der Waals surface area contributed by atoms with E-state index in [2.05, 4.69) is 0 Å². The lowest BCUT2D eigenvalue weighted by Gasteiger charge is -2.31. The van der Waals surface area contributed by atoms with E-state index in [0.717, 1.165) is 5.56 Å². The lowest BCUT2D eigenvalue weighted by Crippen LogP contribution is -2.40. The van der Waals surface area contributed by atoms with Crippen molar-refractivity contribution in [3.05, 3.63) is 23.8 Å². The van der Waals surface area contributed by atoms with Crippen LogP contribution in [0.3, 0.4) is 0 Å². The number of carbonyl (C=O) groups is 2. The molecule has 2 rings (SSSR count). The fraction of sp³-hybridized carbons (Fsp3) is 0.385. The maximum absolute atomic E-state index is 11.8. The Kier molecular flexibility index (Phi) is 3.71. The molecule has 3 N–H and O–H groups in total. The number of ether oxygens (including phenoxy) is 1. The first-order chi connectivity index (χ1) is 9.00. The summed E-state index contributed by atoms with van der Waals surface area (Å²) < 4.78 is 5.45. The number of nitrogens with zero attached hydrogens (tertiary/aromatic N) is 1. The molecule has 0 aromatic heterocycles. The second-order valence-corrected chi connectivity index (χ2v) is 4.46. The van der Waals surface area contributed by atoms with Gasteiger partial charge >= 0.3 is 5.97 Å². The monoisotopic (exact) mass is 264 g/mol. The summed E-state index contributed by atoms with van der Waals surface area (Å²) in [7, 11) is 0. The Morgan fingerprint density at radius 2 is 2.32 bits per heavy atom. The molecule has 19 heavy (non-hydrogen) atoms. The minimum absolute atomic E-state index is 0.0870. The highest BCUT2D eigenvalue weighted by molar-refractivity contribution is 5.98. The molecule has 1 heterocycles. The smallest absolute Gasteiger partial charge is 0.305 e. The van der Waals surface area contributed by atoms with Crippen molar-refractivity contribution in [2.45, 2.75) is 19.4 Å². The van der Waals surface area contributed by atoms with E-state index in [4.69, 9.17) is 15.6 Å². The lowest BCUT2D eigenvalue weighted by molar-refractivity contribution is -0.136. The number of benzene rings is 1. The fourth-order valence-corrected chi connectivity index (χ4v) is 2.07. The van der Waals surface area contributed by atoms with Gasteiger partial charge in [0.1, 0.15) is 5.75 Å². The number of rotatable bonds is 4. The lowest BCUT2D eigenvalue weighted by atomic mass is 10.0. The van der Waals surface area contributed by atoms with E-state index in [9.17, 15) is 9.59 Å². The average molecular weight is 264 g/mol. The minimum Gasteiger partial charge on any atom is -0.481 e. The molecule has 1 aromatic rings. The van der Waals surface area contributed by atoms with Crippen LogP contribution in [0.1, 0.15) is 24.9 Å². The van der Waals surface area contributed by atoms with Gasteiger partial charge in [-0.1, -0.05) is 12.1 Å². The Hall–Kier alpha value is -2.08. The van der Waals surface area contributed by atoms with Crippen molar-refractivity contribution in [2.75, 3.05) is 18.1 Å². The molecule has 6 nitrogen and oxygen atoms in total. The number of hydrogen-bond acceptors (Lipinski definition) is 4. The van der Waals surface area contributed by atoms with E-state index in [0.29, 0.717) is 11.4 Å². The topological polar surface area (TPSA) is 92.9 Å². The van der Waals surface area contributed by atoms with Gasteiger partial charge in [-0.2, -0.15) is 0 Å². The van der Waals surface area contributed by atoms with Crippen molar-refractivity contribution in [3.8, 4) is 5.75 Å². The van der Waals surface area contributed by atoms with Crippen LogP contribution in [0.15, 0.2) is 18.2 Å². The predicted molar refractivity (Wildman–Crippen MR) is 69.1 cm³/mol. The molecule has 0 aliphatic carbocycles. The van der Waals surface area contributed by atoms with Crippen LogP contribution in [0, 0.1) is 0 Å². The first-order valence-electron chi connectivity index (χ1n) is 6.04. The molecule has 1 atom stereocenters. The second kappa shape index (κ2) is 5.27. The quantitative estimate of drug-likeness (QED) is 0.843. The Labute approximate surface area is 110 Å². The fourth-order valence-electron chi connectivity index (χ4n) is 2.07. The number of anilines is 1. The first kappa shape index (κ1) is 13.4. The first-order valence-corrected chi connectivity index (χ1v) is 6.04. The number of nitrogens with two attached hydrogens (primary N) is 1. The number of hydrogen-bond donors (Lipinski definition) is 2. The van der Waals surface area contributed by atoms with Gasteiger partial charge in [0.25, 0.3) is 5.91 Å². The van der Waals surface area contributed by atoms with Crippen LogP contribution in [0.5, 0.6) is 5.75 Å². The van der Waals surface area contributed by atoms with Crippen molar-refractivity contribution >= 4 is 17.6 Å². The van der Waals surface area contributed by atoms with Gasteiger partial charge in [0.15, 0.2) is 6.61 Å². The zero-order chi connectivity index (χ0) is 14.0. The van der Waals surface area contributed by atoms with Crippen molar-refractivity contribution in [1.82, 2.24) is 0 Å². The van der Waals surface area contributed by atoms with E-state index >= 15 is 0 Å². The zero-order valence-corrected chi connectivity index (χ0v) is 10.6. The summed E-state index contributed by atoms with van der Waals surface area (Å²) in [5, 5.41) is 8.73. The molecule has 0 radical (unpaired) electrons. The number of para-hydroxylation sites is 1. The molecule has 1 amide bonds. The molecule has 0 fully saturated rings. The summed E-state index contributed by atoms with van der Waals surface area (Å²) in [6.45, 7) is 1.88. The van der Waals surface area contributed by atoms with Crippen molar-refractivity contribution in [2.24, 2.45) is 5.73 Å². The van der Waals surface area contributed by atoms with E-state index in [-0.39, 0.29) is 31.5 Å². The molecule has 0 saturated heterocycles. The number of carboxylic acids is 1. The Morgan fingerprint density at radius 3 is 2.95 bits per heavy atom. The van der Waals surface area contributed by atoms with Crippen LogP contribution in [-0.4, -0.2) is 30.1 Å². The normalized spacial score (nSPS) is 15.7. The van der Waals surface area contributed by atoms with Gasteiger partial charge < -0.3 is 20.5 Å². The third-order valence-corrected chi connectivity index (χ3v) is 3.00. The summed E-state index contributed by atoms with van der Waals surface area (Å²) in [6.07, 6.45) is -0.104. The molecule has 6 heteroatoms. The van der Waals surface area contributed by atoms with Gasteiger partial charge in [0.05, 0.1) is 12.1 Å². The van der Waals surface area contributed by atoms with Crippen LogP contribution >= 0.6 is 0 Å². The highest BCUT2D eigenvalue weighted by Crippen LogP contribution is 2.37. The van der Waals surface area contributed by atoms with Gasteiger partial charge in [-0.3, -0.25) is 9.59 Å². The number of carboxylic acid groups (broad SMARTS) is 1. The number of fused-ring (bicyclic) bond motifs is 1. The van der Waals surface area contributed by atoms with Crippen LogP contribution in [-0.2, 0) is 9.59 Å². The third kappa shape index (κ3) is 2.68. The largest absolute Gasteiger partial charge is 0.481 e. The number of amides is 1. The Balaban J connectivity index is 2.36. The molecular formula is C13H16N2O4. The molecule has 1 aliphatic rings.